The Kier molecular flexibility index (Phi) is 14.2. The third-order valence-electron chi connectivity index (χ3n) is 4.54. The van der Waals surface area contributed by atoms with Crippen LogP contribution in [0.5, 0.6) is 0 Å². The summed E-state index contributed by atoms with van der Waals surface area (Å²) in [5.74, 6) is -2.20. The molecule has 0 atom stereocenters. The highest BCUT2D eigenvalue weighted by atomic mass is 16.6. The van der Waals surface area contributed by atoms with E-state index in [4.69, 9.17) is 4.74 Å². The normalized spacial score (nSPS) is 10.7. The summed E-state index contributed by atoms with van der Waals surface area (Å²) in [6.07, 6.45) is 1.23. The van der Waals surface area contributed by atoms with Crippen LogP contribution in [0.3, 0.4) is 0 Å². The van der Waals surface area contributed by atoms with Gasteiger partial charge in [0.15, 0.2) is 5.78 Å². The molecule has 0 aliphatic heterocycles. The van der Waals surface area contributed by atoms with E-state index in [-0.39, 0.29) is 32.1 Å². The zero-order chi connectivity index (χ0) is 27.3. The van der Waals surface area contributed by atoms with Crippen LogP contribution < -0.4 is 5.32 Å². The van der Waals surface area contributed by atoms with Gasteiger partial charge in [-0.1, -0.05) is 50.7 Å². The Morgan fingerprint density at radius 2 is 1.51 bits per heavy atom. The fourth-order valence-corrected chi connectivity index (χ4v) is 2.81. The van der Waals surface area contributed by atoms with Crippen molar-refractivity contribution in [2.24, 2.45) is 0 Å². The second kappa shape index (κ2) is 15.9. The lowest BCUT2D eigenvalue weighted by Gasteiger charge is -2.19. The average Bonchev–Trinajstić information content (AvgIpc) is 2.82. The van der Waals surface area contributed by atoms with Crippen LogP contribution in [0.1, 0.15) is 76.0 Å². The van der Waals surface area contributed by atoms with E-state index in [0.29, 0.717) is 11.1 Å². The van der Waals surface area contributed by atoms with Gasteiger partial charge < -0.3 is 19.9 Å². The van der Waals surface area contributed by atoms with Crippen molar-refractivity contribution in [3.63, 3.8) is 0 Å². The molecule has 2 aromatic rings. The highest BCUT2D eigenvalue weighted by Crippen LogP contribution is 2.14. The molecule has 0 heterocycles. The minimum Gasteiger partial charge on any atom is -0.507 e. The van der Waals surface area contributed by atoms with Crippen LogP contribution in [0.15, 0.2) is 54.6 Å². The molecule has 0 saturated heterocycles. The fraction of sp³-hybridized carbons (Fsp3) is 0.379. The van der Waals surface area contributed by atoms with E-state index in [2.05, 4.69) is 17.0 Å². The first-order valence-corrected chi connectivity index (χ1v) is 11.6. The van der Waals surface area contributed by atoms with E-state index < -0.39 is 23.4 Å². The molecule has 0 unspecified atom stereocenters. The smallest absolute Gasteiger partial charge is 0.407 e. The van der Waals surface area contributed by atoms with Gasteiger partial charge in [-0.05, 0) is 64.3 Å². The number of rotatable bonds is 8. The standard InChI is InChI=1S/C18H23NO6.C10H12O.CH4/c1-5-24-16(22)15(21)10-14(20)13-8-6-7-12(9-13)11-19-17(23)25-18(2,3)4;1-3-9-5-4-6-10(7-9)8(2)11;/h6-10,20H,5,11H2,1-4H3,(H,19,23);4-7H,3H2,1-2H3;1H4. The highest BCUT2D eigenvalue weighted by molar-refractivity contribution is 6.39. The summed E-state index contributed by atoms with van der Waals surface area (Å²) >= 11 is 0. The molecule has 2 N–H and O–H groups in total. The maximum atomic E-state index is 11.6. The quantitative estimate of drug-likeness (QED) is 0.150. The van der Waals surface area contributed by atoms with Crippen molar-refractivity contribution < 1.29 is 33.8 Å². The first-order valence-electron chi connectivity index (χ1n) is 11.6. The van der Waals surface area contributed by atoms with Crippen molar-refractivity contribution in [1.82, 2.24) is 5.32 Å². The molecule has 2 aromatic carbocycles. The number of nitrogens with one attached hydrogen (secondary N) is 1. The Balaban J connectivity index is 0.000000902. The molecular weight excluding hydrogens is 474 g/mol. The number of carbonyl (C=O) groups is 4. The van der Waals surface area contributed by atoms with E-state index in [9.17, 15) is 24.3 Å². The van der Waals surface area contributed by atoms with Crippen molar-refractivity contribution >= 4 is 29.4 Å². The number of Topliss-reactive ketones (excluding diaryl/α,β-unsaturated/α-hetero) is 1. The Morgan fingerprint density at radius 3 is 2.05 bits per heavy atom. The largest absolute Gasteiger partial charge is 0.507 e. The first-order chi connectivity index (χ1) is 16.9. The van der Waals surface area contributed by atoms with Crippen molar-refractivity contribution in [3.05, 3.63) is 76.9 Å². The number of alkyl carbamates (subject to hydrolysis) is 1. The van der Waals surface area contributed by atoms with Gasteiger partial charge in [0, 0.05) is 23.7 Å². The first kappa shape index (κ1) is 33.1. The molecule has 8 nitrogen and oxygen atoms in total. The van der Waals surface area contributed by atoms with Crippen molar-refractivity contribution in [2.45, 2.75) is 67.5 Å². The van der Waals surface area contributed by atoms with Crippen LogP contribution in [0, 0.1) is 0 Å². The van der Waals surface area contributed by atoms with Crippen LogP contribution in [0.25, 0.3) is 5.76 Å². The van der Waals surface area contributed by atoms with E-state index in [1.54, 1.807) is 58.9 Å². The molecule has 202 valence electrons. The van der Waals surface area contributed by atoms with E-state index >= 15 is 0 Å². The van der Waals surface area contributed by atoms with Crippen molar-refractivity contribution in [2.75, 3.05) is 6.61 Å². The van der Waals surface area contributed by atoms with Gasteiger partial charge >= 0.3 is 12.1 Å². The molecule has 0 radical (unpaired) electrons. The molecule has 0 bridgehead atoms. The number of amides is 1. The summed E-state index contributed by atoms with van der Waals surface area (Å²) in [5.41, 5.74) is 2.45. The maximum Gasteiger partial charge on any atom is 0.407 e. The molecule has 0 aromatic heterocycles. The summed E-state index contributed by atoms with van der Waals surface area (Å²) in [7, 11) is 0. The number of aryl methyl sites for hydroxylation is 1. The Bertz CT molecular complexity index is 1100. The molecule has 0 aliphatic rings. The second-order valence-corrected chi connectivity index (χ2v) is 8.78. The molecule has 0 aliphatic carbocycles. The number of hydrogen-bond donors (Lipinski definition) is 2. The lowest BCUT2D eigenvalue weighted by Crippen LogP contribution is -2.32. The topological polar surface area (TPSA) is 119 Å². The number of hydrogen-bond acceptors (Lipinski definition) is 7. The number of ketones is 2. The van der Waals surface area contributed by atoms with E-state index in [1.165, 1.54) is 5.56 Å². The van der Waals surface area contributed by atoms with Crippen LogP contribution in [-0.2, 0) is 32.0 Å². The van der Waals surface area contributed by atoms with Gasteiger partial charge in [-0.2, -0.15) is 0 Å². The predicted molar refractivity (Wildman–Crippen MR) is 144 cm³/mol. The van der Waals surface area contributed by atoms with Gasteiger partial charge in [-0.25, -0.2) is 9.59 Å². The van der Waals surface area contributed by atoms with E-state index in [0.717, 1.165) is 18.1 Å². The molecule has 0 fully saturated rings. The molecule has 0 saturated carbocycles. The third kappa shape index (κ3) is 13.1. The molecule has 0 spiro atoms. The number of aliphatic hydroxyl groups excluding tert-OH is 1. The van der Waals surface area contributed by atoms with Gasteiger partial charge in [-0.3, -0.25) is 9.59 Å². The Morgan fingerprint density at radius 1 is 0.946 bits per heavy atom. The summed E-state index contributed by atoms with van der Waals surface area (Å²) in [4.78, 5) is 45.4. The van der Waals surface area contributed by atoms with Gasteiger partial charge in [0.2, 0.25) is 0 Å². The Labute approximate surface area is 219 Å². The van der Waals surface area contributed by atoms with Gasteiger partial charge in [-0.15, -0.1) is 0 Å². The van der Waals surface area contributed by atoms with Gasteiger partial charge in [0.05, 0.1) is 6.61 Å². The molecule has 2 rings (SSSR count). The molecular formula is C29H39NO7. The molecule has 8 heteroatoms. The maximum absolute atomic E-state index is 11.6. The van der Waals surface area contributed by atoms with Crippen LogP contribution in [0.2, 0.25) is 0 Å². The summed E-state index contributed by atoms with van der Waals surface area (Å²) < 4.78 is 9.70. The highest BCUT2D eigenvalue weighted by Gasteiger charge is 2.16. The fourth-order valence-electron chi connectivity index (χ4n) is 2.81. The van der Waals surface area contributed by atoms with Crippen LogP contribution in [0.4, 0.5) is 4.79 Å². The number of aliphatic hydroxyl groups is 1. The predicted octanol–water partition coefficient (Wildman–Crippen LogP) is 5.83. The van der Waals surface area contributed by atoms with Crippen LogP contribution >= 0.6 is 0 Å². The van der Waals surface area contributed by atoms with E-state index in [1.807, 2.05) is 24.3 Å². The van der Waals surface area contributed by atoms with Crippen molar-refractivity contribution in [3.8, 4) is 0 Å². The zero-order valence-electron chi connectivity index (χ0n) is 21.7. The minimum absolute atomic E-state index is 0. The minimum atomic E-state index is -1.03. The number of ether oxygens (including phenoxy) is 2. The summed E-state index contributed by atoms with van der Waals surface area (Å²) in [5, 5.41) is 12.6. The van der Waals surface area contributed by atoms with Gasteiger partial charge in [0.1, 0.15) is 11.4 Å². The van der Waals surface area contributed by atoms with Gasteiger partial charge in [0.25, 0.3) is 5.78 Å². The number of benzene rings is 2. The summed E-state index contributed by atoms with van der Waals surface area (Å²) in [6, 6.07) is 14.3. The monoisotopic (exact) mass is 513 g/mol. The molecule has 1 amide bonds. The molecule has 37 heavy (non-hydrogen) atoms. The SMILES string of the molecule is C.CCOC(=O)C(=O)C=C(O)c1cccc(CNC(=O)OC(C)(C)C)c1.CCc1cccc(C(C)=O)c1. The summed E-state index contributed by atoms with van der Waals surface area (Å²) in [6.45, 7) is 10.8. The average molecular weight is 514 g/mol. The Hall–Kier alpha value is -3.94. The zero-order valence-corrected chi connectivity index (χ0v) is 21.7. The second-order valence-electron chi connectivity index (χ2n) is 8.78. The third-order valence-corrected chi connectivity index (χ3v) is 4.54. The number of esters is 1. The number of carbonyl (C=O) groups excluding carboxylic acids is 4. The van der Waals surface area contributed by atoms with Crippen LogP contribution in [-0.4, -0.2) is 40.9 Å². The van der Waals surface area contributed by atoms with Crippen molar-refractivity contribution in [1.29, 1.82) is 0 Å². The lowest BCUT2D eigenvalue weighted by atomic mass is 10.1. The lowest BCUT2D eigenvalue weighted by molar-refractivity contribution is -0.151.